The number of aliphatic imine (C=N–C) groups is 1. The Morgan fingerprint density at radius 1 is 1.30 bits per heavy atom. The van der Waals surface area contributed by atoms with Crippen LogP contribution in [0.4, 0.5) is 10.1 Å². The highest BCUT2D eigenvalue weighted by Crippen LogP contribution is 2.43. The van der Waals surface area contributed by atoms with Crippen LogP contribution >= 0.6 is 11.8 Å². The fourth-order valence-electron chi connectivity index (χ4n) is 3.01. The van der Waals surface area contributed by atoms with Gasteiger partial charge >= 0.3 is 0 Å². The van der Waals surface area contributed by atoms with Crippen LogP contribution in [-0.4, -0.2) is 23.3 Å². The van der Waals surface area contributed by atoms with Gasteiger partial charge in [0.25, 0.3) is 0 Å². The minimum Gasteiger partial charge on any atom is -0.358 e. The van der Waals surface area contributed by atoms with Crippen LogP contribution in [-0.2, 0) is 4.79 Å². The number of halogens is 1. The van der Waals surface area contributed by atoms with Gasteiger partial charge in [0.1, 0.15) is 11.9 Å². The van der Waals surface area contributed by atoms with Crippen molar-refractivity contribution in [1.82, 2.24) is 0 Å². The van der Waals surface area contributed by atoms with Crippen LogP contribution in [0, 0.1) is 11.2 Å². The van der Waals surface area contributed by atoms with Crippen LogP contribution in [0.25, 0.3) is 0 Å². The quantitative estimate of drug-likeness (QED) is 0.891. The maximum atomic E-state index is 13.1. The number of benzene rings is 1. The van der Waals surface area contributed by atoms with Crippen molar-refractivity contribution < 1.29 is 9.18 Å². The number of carbonyl (C=O) groups is 1. The number of allylic oxidation sites excluding steroid dienone is 2. The van der Waals surface area contributed by atoms with Gasteiger partial charge in [0.2, 0.25) is 0 Å². The van der Waals surface area contributed by atoms with Crippen molar-refractivity contribution in [3.63, 3.8) is 0 Å². The van der Waals surface area contributed by atoms with Crippen LogP contribution in [0.5, 0.6) is 0 Å². The van der Waals surface area contributed by atoms with Crippen LogP contribution in [0.2, 0.25) is 0 Å². The highest BCUT2D eigenvalue weighted by atomic mass is 32.2. The summed E-state index contributed by atoms with van der Waals surface area (Å²) in [5.41, 5.74) is 3.12. The molecule has 0 radical (unpaired) electrons. The minimum atomic E-state index is -0.240. The lowest BCUT2D eigenvalue weighted by molar-refractivity contribution is -0.117. The molecular weight excluding hydrogens is 311 g/mol. The number of nitrogens with zero attached hydrogens (tertiary/aromatic N) is 1. The monoisotopic (exact) mass is 332 g/mol. The zero-order valence-electron chi connectivity index (χ0n) is 13.6. The van der Waals surface area contributed by atoms with E-state index in [1.807, 2.05) is 0 Å². The molecule has 1 atom stereocenters. The smallest absolute Gasteiger partial charge is 0.155 e. The Balaban J connectivity index is 1.94. The summed E-state index contributed by atoms with van der Waals surface area (Å²) < 4.78 is 13.1. The average Bonchev–Trinajstić information content (AvgIpc) is 2.47. The number of anilines is 1. The molecule has 0 bridgehead atoms. The number of rotatable bonds is 3. The molecule has 0 saturated heterocycles. The zero-order chi connectivity index (χ0) is 16.6. The van der Waals surface area contributed by atoms with E-state index in [-0.39, 0.29) is 23.1 Å². The summed E-state index contributed by atoms with van der Waals surface area (Å²) in [5, 5.41) is 3.43. The standard InChI is InChI=1S/C18H21FN2OS/c1-11(22)16-10-23-17-14(8-18(2,3)9-15(17)21-16)20-13-6-4-12(19)5-7-13/h4-7,16,20H,8-10H2,1-3H3. The second-order valence-corrected chi connectivity index (χ2v) is 8.00. The van der Waals surface area contributed by atoms with Crippen molar-refractivity contribution in [1.29, 1.82) is 0 Å². The van der Waals surface area contributed by atoms with Gasteiger partial charge in [-0.15, -0.1) is 11.8 Å². The Bertz CT molecular complexity index is 691. The first-order valence-electron chi connectivity index (χ1n) is 7.80. The first-order valence-corrected chi connectivity index (χ1v) is 8.79. The maximum Gasteiger partial charge on any atom is 0.155 e. The van der Waals surface area contributed by atoms with Gasteiger partial charge < -0.3 is 5.32 Å². The van der Waals surface area contributed by atoms with Gasteiger partial charge in [-0.1, -0.05) is 13.8 Å². The lowest BCUT2D eigenvalue weighted by atomic mass is 9.78. The van der Waals surface area contributed by atoms with E-state index in [1.165, 1.54) is 12.1 Å². The molecule has 23 heavy (non-hydrogen) atoms. The van der Waals surface area contributed by atoms with Crippen molar-refractivity contribution in [3.8, 4) is 0 Å². The van der Waals surface area contributed by atoms with Gasteiger partial charge in [-0.2, -0.15) is 0 Å². The molecule has 1 heterocycles. The van der Waals surface area contributed by atoms with Gasteiger partial charge in [-0.3, -0.25) is 9.79 Å². The van der Waals surface area contributed by atoms with E-state index in [0.717, 1.165) is 34.8 Å². The fourth-order valence-corrected chi connectivity index (χ4v) is 4.23. The molecule has 0 spiro atoms. The maximum absolute atomic E-state index is 13.1. The second-order valence-electron chi connectivity index (χ2n) is 6.97. The molecule has 1 unspecified atom stereocenters. The predicted molar refractivity (Wildman–Crippen MR) is 94.4 cm³/mol. The molecule has 1 aliphatic heterocycles. The predicted octanol–water partition coefficient (Wildman–Crippen LogP) is 4.41. The number of ketones is 1. The van der Waals surface area contributed by atoms with Crippen molar-refractivity contribution in [2.24, 2.45) is 10.4 Å². The Hall–Kier alpha value is -1.62. The summed E-state index contributed by atoms with van der Waals surface area (Å²) in [4.78, 5) is 17.5. The molecule has 0 amide bonds. The average molecular weight is 332 g/mol. The van der Waals surface area contributed by atoms with E-state index in [0.29, 0.717) is 5.75 Å². The summed E-state index contributed by atoms with van der Waals surface area (Å²) in [7, 11) is 0. The zero-order valence-corrected chi connectivity index (χ0v) is 14.5. The summed E-state index contributed by atoms with van der Waals surface area (Å²) in [6.45, 7) is 6.02. The van der Waals surface area contributed by atoms with Crippen LogP contribution < -0.4 is 5.32 Å². The molecule has 0 fully saturated rings. The summed E-state index contributed by atoms with van der Waals surface area (Å²) in [6.07, 6.45) is 1.80. The molecule has 3 nitrogen and oxygen atoms in total. The van der Waals surface area contributed by atoms with E-state index < -0.39 is 0 Å². The Kier molecular flexibility index (Phi) is 4.32. The Morgan fingerprint density at radius 3 is 2.65 bits per heavy atom. The van der Waals surface area contributed by atoms with Crippen molar-refractivity contribution in [2.45, 2.75) is 39.7 Å². The first-order chi connectivity index (χ1) is 10.8. The van der Waals surface area contributed by atoms with Crippen molar-refractivity contribution in [3.05, 3.63) is 40.7 Å². The highest BCUT2D eigenvalue weighted by molar-refractivity contribution is 8.04. The third-order valence-corrected chi connectivity index (χ3v) is 5.40. The number of hydrogen-bond acceptors (Lipinski definition) is 4. The fraction of sp³-hybridized carbons (Fsp3) is 0.444. The SMILES string of the molecule is CC(=O)C1CSC2=C(Nc3ccc(F)cc3)CC(C)(C)CC2=N1. The van der Waals surface area contributed by atoms with E-state index >= 15 is 0 Å². The first kappa shape index (κ1) is 16.2. The van der Waals surface area contributed by atoms with Crippen LogP contribution in [0.3, 0.4) is 0 Å². The number of fused-ring (bicyclic) bond motifs is 1. The van der Waals surface area contributed by atoms with Gasteiger partial charge in [-0.05, 0) is 49.4 Å². The van der Waals surface area contributed by atoms with E-state index in [4.69, 9.17) is 4.99 Å². The largest absolute Gasteiger partial charge is 0.358 e. The normalized spacial score (nSPS) is 23.1. The molecule has 1 N–H and O–H groups in total. The number of nitrogens with one attached hydrogen (secondary N) is 1. The van der Waals surface area contributed by atoms with Crippen LogP contribution in [0.1, 0.15) is 33.6 Å². The molecule has 122 valence electrons. The van der Waals surface area contributed by atoms with Gasteiger partial charge in [0, 0.05) is 22.0 Å². The summed E-state index contributed by atoms with van der Waals surface area (Å²) >= 11 is 1.71. The number of hydrogen-bond donors (Lipinski definition) is 1. The topological polar surface area (TPSA) is 41.5 Å². The van der Waals surface area contributed by atoms with Crippen molar-refractivity contribution >= 4 is 28.9 Å². The van der Waals surface area contributed by atoms with Gasteiger partial charge in [0.15, 0.2) is 5.78 Å². The number of thioether (sulfide) groups is 1. The molecule has 1 aliphatic carbocycles. The number of carbonyl (C=O) groups excluding carboxylic acids is 1. The molecule has 3 rings (SSSR count). The lowest BCUT2D eigenvalue weighted by Gasteiger charge is -2.36. The molecule has 5 heteroatoms. The van der Waals surface area contributed by atoms with E-state index in [9.17, 15) is 9.18 Å². The second kappa shape index (κ2) is 6.11. The molecule has 0 aromatic heterocycles. The number of Topliss-reactive ketones (excluding diaryl/α,β-unsaturated/α-hetero) is 1. The third kappa shape index (κ3) is 3.66. The Labute approximate surface area is 140 Å². The van der Waals surface area contributed by atoms with E-state index in [2.05, 4.69) is 19.2 Å². The van der Waals surface area contributed by atoms with E-state index in [1.54, 1.807) is 30.8 Å². The molecule has 1 aromatic carbocycles. The minimum absolute atomic E-state index is 0.0872. The molecule has 2 aliphatic rings. The van der Waals surface area contributed by atoms with Gasteiger partial charge in [0.05, 0.1) is 5.71 Å². The Morgan fingerprint density at radius 2 is 2.00 bits per heavy atom. The molecule has 1 aromatic rings. The summed E-state index contributed by atoms with van der Waals surface area (Å²) in [5.74, 6) is 0.583. The van der Waals surface area contributed by atoms with Crippen LogP contribution in [0.15, 0.2) is 39.9 Å². The lowest BCUT2D eigenvalue weighted by Crippen LogP contribution is -2.33. The highest BCUT2D eigenvalue weighted by Gasteiger charge is 2.35. The van der Waals surface area contributed by atoms with Gasteiger partial charge in [-0.25, -0.2) is 4.39 Å². The third-order valence-electron chi connectivity index (χ3n) is 4.14. The summed E-state index contributed by atoms with van der Waals surface area (Å²) in [6, 6.07) is 6.17. The van der Waals surface area contributed by atoms with Crippen molar-refractivity contribution in [2.75, 3.05) is 11.1 Å². The molecular formula is C18H21FN2OS. The molecule has 0 saturated carbocycles.